The van der Waals surface area contributed by atoms with E-state index in [4.69, 9.17) is 10.5 Å². The van der Waals surface area contributed by atoms with Gasteiger partial charge in [-0.2, -0.15) is 0 Å². The average molecular weight is 439 g/mol. The quantitative estimate of drug-likeness (QED) is 0.572. The third kappa shape index (κ3) is 3.90. The second-order valence-corrected chi connectivity index (χ2v) is 8.93. The van der Waals surface area contributed by atoms with Gasteiger partial charge in [-0.05, 0) is 24.5 Å². The molecule has 0 spiro atoms. The maximum absolute atomic E-state index is 12.9. The first-order valence-corrected chi connectivity index (χ1v) is 11.5. The minimum absolute atomic E-state index is 0.109. The normalized spacial score (nSPS) is 18.5. The van der Waals surface area contributed by atoms with Crippen molar-refractivity contribution >= 4 is 39.0 Å². The number of carbonyl (C=O) groups is 1. The molecule has 31 heavy (non-hydrogen) atoms. The number of nitrogen functional groups attached to an aromatic ring is 1. The number of piperazine rings is 1. The second kappa shape index (κ2) is 8.32. The number of aromatic nitrogens is 2. The number of hydrogen-bond donors (Lipinski definition) is 3. The Labute approximate surface area is 184 Å². The van der Waals surface area contributed by atoms with E-state index in [2.05, 4.69) is 43.7 Å². The number of amides is 1. The smallest absolute Gasteiger partial charge is 0.263 e. The zero-order valence-electron chi connectivity index (χ0n) is 17.5. The van der Waals surface area contributed by atoms with E-state index in [1.165, 1.54) is 17.0 Å². The number of hydrogen-bond acceptors (Lipinski definition) is 8. The van der Waals surface area contributed by atoms with Gasteiger partial charge in [0.2, 0.25) is 0 Å². The Morgan fingerprint density at radius 2 is 2.23 bits per heavy atom. The first-order valence-electron chi connectivity index (χ1n) is 10.7. The second-order valence-electron chi connectivity index (χ2n) is 7.93. The molecule has 2 aliphatic rings. The van der Waals surface area contributed by atoms with Gasteiger partial charge >= 0.3 is 0 Å². The molecule has 1 aromatic carbocycles. The topological polar surface area (TPSA) is 105 Å². The summed E-state index contributed by atoms with van der Waals surface area (Å²) in [6, 6.07) is 6.26. The summed E-state index contributed by atoms with van der Waals surface area (Å²) in [7, 11) is 0. The Morgan fingerprint density at radius 1 is 1.39 bits per heavy atom. The average Bonchev–Trinajstić information content (AvgIpc) is 3.15. The molecule has 0 bridgehead atoms. The van der Waals surface area contributed by atoms with Crippen LogP contribution in [0.5, 0.6) is 5.75 Å². The van der Waals surface area contributed by atoms with Crippen molar-refractivity contribution in [2.45, 2.75) is 25.8 Å². The molecule has 9 heteroatoms. The lowest BCUT2D eigenvalue weighted by molar-refractivity contribution is 0.0920. The van der Waals surface area contributed by atoms with E-state index in [1.807, 2.05) is 6.92 Å². The number of fused-ring (bicyclic) bond motifs is 2. The minimum atomic E-state index is -0.199. The van der Waals surface area contributed by atoms with E-state index < -0.39 is 0 Å². The van der Waals surface area contributed by atoms with Crippen LogP contribution in [0, 0.1) is 0 Å². The summed E-state index contributed by atoms with van der Waals surface area (Å²) in [4.78, 5) is 25.4. The summed E-state index contributed by atoms with van der Waals surface area (Å²) >= 11 is 1.28. The number of thiophene rings is 1. The van der Waals surface area contributed by atoms with Crippen LogP contribution in [0.3, 0.4) is 0 Å². The van der Waals surface area contributed by atoms with Crippen LogP contribution in [0.4, 0.5) is 11.4 Å². The van der Waals surface area contributed by atoms with Crippen molar-refractivity contribution in [2.24, 2.45) is 0 Å². The fraction of sp³-hybridized carbons (Fsp3) is 0.409. The predicted octanol–water partition coefficient (Wildman–Crippen LogP) is 1.98. The Balaban J connectivity index is 1.29. The van der Waals surface area contributed by atoms with E-state index in [0.29, 0.717) is 27.5 Å². The molecule has 2 aromatic heterocycles. The van der Waals surface area contributed by atoms with Crippen molar-refractivity contribution in [3.05, 3.63) is 40.5 Å². The summed E-state index contributed by atoms with van der Waals surface area (Å²) < 4.78 is 6.01. The van der Waals surface area contributed by atoms with Gasteiger partial charge in [-0.15, -0.1) is 11.3 Å². The van der Waals surface area contributed by atoms with Gasteiger partial charge in [0.15, 0.2) is 0 Å². The molecule has 0 aliphatic carbocycles. The van der Waals surface area contributed by atoms with Crippen LogP contribution in [0.25, 0.3) is 10.3 Å². The van der Waals surface area contributed by atoms with E-state index >= 15 is 0 Å². The van der Waals surface area contributed by atoms with Gasteiger partial charge in [0, 0.05) is 37.9 Å². The highest BCUT2D eigenvalue weighted by molar-refractivity contribution is 7.21. The zero-order chi connectivity index (χ0) is 21.4. The van der Waals surface area contributed by atoms with E-state index in [-0.39, 0.29) is 11.9 Å². The minimum Gasteiger partial charge on any atom is -0.491 e. The predicted molar refractivity (Wildman–Crippen MR) is 123 cm³/mol. The molecular weight excluding hydrogens is 412 g/mol. The van der Waals surface area contributed by atoms with Crippen LogP contribution < -0.4 is 26.0 Å². The van der Waals surface area contributed by atoms with Gasteiger partial charge in [-0.1, -0.05) is 13.0 Å². The summed E-state index contributed by atoms with van der Waals surface area (Å²) in [5.74, 6) is 0.707. The van der Waals surface area contributed by atoms with Crippen molar-refractivity contribution in [1.82, 2.24) is 20.6 Å². The lowest BCUT2D eigenvalue weighted by Gasteiger charge is -2.31. The number of carbonyl (C=O) groups excluding carboxylic acids is 1. The molecule has 0 unspecified atom stereocenters. The van der Waals surface area contributed by atoms with Crippen molar-refractivity contribution < 1.29 is 9.53 Å². The van der Waals surface area contributed by atoms with Crippen molar-refractivity contribution in [2.75, 3.05) is 43.4 Å². The molecule has 0 saturated carbocycles. The number of nitrogens with zero attached hydrogens (tertiary/aromatic N) is 3. The molecule has 1 amide bonds. The molecular formula is C22H26N6O2S. The highest BCUT2D eigenvalue weighted by Gasteiger charge is 2.26. The summed E-state index contributed by atoms with van der Waals surface area (Å²) in [5, 5.41) is 6.45. The van der Waals surface area contributed by atoms with Crippen LogP contribution >= 0.6 is 11.3 Å². The molecule has 4 heterocycles. The number of ether oxygens (including phenoxy) is 1. The van der Waals surface area contributed by atoms with Gasteiger partial charge in [-0.25, -0.2) is 9.97 Å². The van der Waals surface area contributed by atoms with E-state index in [9.17, 15) is 4.79 Å². The van der Waals surface area contributed by atoms with Gasteiger partial charge in [0.25, 0.3) is 5.91 Å². The van der Waals surface area contributed by atoms with Crippen LogP contribution in [0.1, 0.15) is 27.9 Å². The fourth-order valence-corrected chi connectivity index (χ4v) is 5.00. The van der Waals surface area contributed by atoms with Crippen LogP contribution in [0.15, 0.2) is 24.4 Å². The first-order chi connectivity index (χ1) is 15.1. The number of aryl methyl sites for hydroxylation is 1. The molecule has 1 saturated heterocycles. The standard InChI is InChI=1S/C22H26N6O2S/c1-2-14-11-25-22-19(26-14)18(23)20(31-22)21(29)27-15-9-13-3-4-16(10-17(13)30-12-15)28-7-5-24-6-8-28/h3-4,10-11,15,24H,2,5-9,12,23H2,1H3,(H,27,29)/t15-/m0/s1. The highest BCUT2D eigenvalue weighted by Crippen LogP contribution is 2.32. The van der Waals surface area contributed by atoms with Crippen LogP contribution in [-0.2, 0) is 12.8 Å². The first kappa shape index (κ1) is 20.0. The lowest BCUT2D eigenvalue weighted by atomic mass is 10.0. The Kier molecular flexibility index (Phi) is 5.37. The number of anilines is 2. The largest absolute Gasteiger partial charge is 0.491 e. The number of benzene rings is 1. The molecule has 1 atom stereocenters. The van der Waals surface area contributed by atoms with Crippen LogP contribution in [0.2, 0.25) is 0 Å². The van der Waals surface area contributed by atoms with Gasteiger partial charge in [-0.3, -0.25) is 4.79 Å². The summed E-state index contributed by atoms with van der Waals surface area (Å²) in [6.45, 7) is 6.44. The molecule has 2 aliphatic heterocycles. The molecule has 0 radical (unpaired) electrons. The van der Waals surface area contributed by atoms with Crippen molar-refractivity contribution in [1.29, 1.82) is 0 Å². The Morgan fingerprint density at radius 3 is 3.03 bits per heavy atom. The monoisotopic (exact) mass is 438 g/mol. The Bertz CT molecular complexity index is 1120. The molecule has 1 fully saturated rings. The number of nitrogens with two attached hydrogens (primary N) is 1. The summed E-state index contributed by atoms with van der Waals surface area (Å²) in [5.41, 5.74) is 10.4. The molecule has 162 valence electrons. The van der Waals surface area contributed by atoms with Crippen LogP contribution in [-0.4, -0.2) is 54.7 Å². The SMILES string of the molecule is CCc1cnc2sc(C(=O)N[C@@H]3COc4cc(N5CCNCC5)ccc4C3)c(N)c2n1. The zero-order valence-corrected chi connectivity index (χ0v) is 18.3. The Hall–Kier alpha value is -2.91. The summed E-state index contributed by atoms with van der Waals surface area (Å²) in [6.07, 6.45) is 3.24. The third-order valence-electron chi connectivity index (χ3n) is 5.83. The maximum atomic E-state index is 12.9. The number of nitrogens with one attached hydrogen (secondary N) is 2. The van der Waals surface area contributed by atoms with Crippen molar-refractivity contribution in [3.63, 3.8) is 0 Å². The molecule has 5 rings (SSSR count). The van der Waals surface area contributed by atoms with Gasteiger partial charge in [0.05, 0.1) is 23.6 Å². The van der Waals surface area contributed by atoms with E-state index in [0.717, 1.165) is 56.0 Å². The van der Waals surface area contributed by atoms with Crippen molar-refractivity contribution in [3.8, 4) is 5.75 Å². The van der Waals surface area contributed by atoms with E-state index in [1.54, 1.807) is 6.20 Å². The number of rotatable bonds is 4. The van der Waals surface area contributed by atoms with Gasteiger partial charge in [0.1, 0.15) is 27.6 Å². The lowest BCUT2D eigenvalue weighted by Crippen LogP contribution is -2.44. The maximum Gasteiger partial charge on any atom is 0.263 e. The molecule has 8 nitrogen and oxygen atoms in total. The highest BCUT2D eigenvalue weighted by atomic mass is 32.1. The van der Waals surface area contributed by atoms with Gasteiger partial charge < -0.3 is 26.0 Å². The fourth-order valence-electron chi connectivity index (χ4n) is 4.09. The molecule has 3 aromatic rings. The third-order valence-corrected chi connectivity index (χ3v) is 6.93. The molecule has 4 N–H and O–H groups in total.